The molecule has 0 spiro atoms. The number of rotatable bonds is 4. The van der Waals surface area contributed by atoms with Crippen molar-refractivity contribution in [1.82, 2.24) is 4.90 Å². The number of ether oxygens (including phenoxy) is 1. The molecule has 1 saturated heterocycles. The number of hydrogen-bond acceptors (Lipinski definition) is 4. The maximum atomic E-state index is 13.2. The van der Waals surface area contributed by atoms with E-state index in [9.17, 15) is 22.5 Å². The van der Waals surface area contributed by atoms with Crippen LogP contribution in [0.15, 0.2) is 18.2 Å². The van der Waals surface area contributed by atoms with Crippen LogP contribution in [-0.4, -0.2) is 60.8 Å². The first-order chi connectivity index (χ1) is 12.3. The first kappa shape index (κ1) is 25.3. The van der Waals surface area contributed by atoms with Gasteiger partial charge in [-0.1, -0.05) is 12.1 Å². The number of anilines is 1. The van der Waals surface area contributed by atoms with Crippen LogP contribution in [0.25, 0.3) is 0 Å². The van der Waals surface area contributed by atoms with Gasteiger partial charge in [-0.05, 0) is 32.4 Å². The summed E-state index contributed by atoms with van der Waals surface area (Å²) in [5.74, 6) is -1.19. The van der Waals surface area contributed by atoms with Gasteiger partial charge in [-0.2, -0.15) is 0 Å². The van der Waals surface area contributed by atoms with Crippen molar-refractivity contribution in [2.24, 2.45) is 0 Å². The van der Waals surface area contributed by atoms with Crippen LogP contribution in [-0.2, 0) is 16.0 Å². The Morgan fingerprint density at radius 1 is 1.11 bits per heavy atom. The third-order valence-corrected chi connectivity index (χ3v) is 4.03. The van der Waals surface area contributed by atoms with E-state index in [1.807, 2.05) is 0 Å². The van der Waals surface area contributed by atoms with Crippen molar-refractivity contribution in [1.29, 1.82) is 0 Å². The smallest absolute Gasteiger partial charge is 0.481 e. The molecule has 1 fully saturated rings. The molecule has 1 heterocycles. The van der Waals surface area contributed by atoms with Crippen LogP contribution < -0.4 is 61.7 Å². The SMILES string of the molecule is CC(C)(C)OC(=O)N1CCN(c2cc(CC(=O)O)cc([B-](F)(F)F)c2)CC1.[K+]. The molecule has 2 rings (SSSR count). The second kappa shape index (κ2) is 9.84. The minimum atomic E-state index is -5.25. The van der Waals surface area contributed by atoms with Gasteiger partial charge in [0.15, 0.2) is 0 Å². The molecule has 1 aliphatic heterocycles. The van der Waals surface area contributed by atoms with E-state index >= 15 is 0 Å². The van der Waals surface area contributed by atoms with Crippen molar-refractivity contribution in [3.8, 4) is 0 Å². The first-order valence-corrected chi connectivity index (χ1v) is 8.63. The number of nitrogens with zero attached hydrogens (tertiary/aromatic N) is 2. The molecule has 0 bridgehead atoms. The molecule has 1 aromatic rings. The summed E-state index contributed by atoms with van der Waals surface area (Å²) in [6, 6.07) is 3.38. The quantitative estimate of drug-likeness (QED) is 0.654. The summed E-state index contributed by atoms with van der Waals surface area (Å²) in [6.45, 7) is 1.32. The fourth-order valence-electron chi connectivity index (χ4n) is 2.82. The van der Waals surface area contributed by atoms with Crippen molar-refractivity contribution in [2.45, 2.75) is 32.8 Å². The summed E-state index contributed by atoms with van der Waals surface area (Å²) in [5, 5.41) is 8.90. The fraction of sp³-hybridized carbons (Fsp3) is 0.529. The van der Waals surface area contributed by atoms with Crippen LogP contribution in [0.5, 0.6) is 0 Å². The molecule has 0 saturated carbocycles. The first-order valence-electron chi connectivity index (χ1n) is 8.63. The monoisotopic (exact) mass is 426 g/mol. The van der Waals surface area contributed by atoms with E-state index in [1.54, 1.807) is 25.7 Å². The molecular weight excluding hydrogens is 403 g/mol. The Bertz CT molecular complexity index is 717. The number of carbonyl (C=O) groups is 2. The van der Waals surface area contributed by atoms with E-state index < -0.39 is 36.5 Å². The Labute approximate surface area is 204 Å². The number of carbonyl (C=O) groups excluding carboxylic acids is 1. The second-order valence-electron chi connectivity index (χ2n) is 7.53. The predicted octanol–water partition coefficient (Wildman–Crippen LogP) is -0.571. The maximum Gasteiger partial charge on any atom is 1.00 e. The van der Waals surface area contributed by atoms with Crippen LogP contribution >= 0.6 is 0 Å². The molecule has 1 aromatic carbocycles. The van der Waals surface area contributed by atoms with Gasteiger partial charge in [0.25, 0.3) is 0 Å². The van der Waals surface area contributed by atoms with Gasteiger partial charge < -0.3 is 32.6 Å². The summed E-state index contributed by atoms with van der Waals surface area (Å²) < 4.78 is 44.9. The van der Waals surface area contributed by atoms with E-state index in [0.717, 1.165) is 12.1 Å². The molecule has 0 aliphatic carbocycles. The number of benzene rings is 1. The van der Waals surface area contributed by atoms with Crippen LogP contribution in [0.2, 0.25) is 0 Å². The van der Waals surface area contributed by atoms with E-state index in [1.165, 1.54) is 11.0 Å². The van der Waals surface area contributed by atoms with Gasteiger partial charge in [0, 0.05) is 31.9 Å². The summed E-state index contributed by atoms with van der Waals surface area (Å²) in [4.78, 5) is 26.2. The zero-order valence-electron chi connectivity index (χ0n) is 16.5. The average Bonchev–Trinajstić information content (AvgIpc) is 2.51. The van der Waals surface area contributed by atoms with Gasteiger partial charge in [-0.15, -0.1) is 5.46 Å². The molecule has 1 aliphatic rings. The molecule has 6 nitrogen and oxygen atoms in total. The van der Waals surface area contributed by atoms with E-state index in [2.05, 4.69) is 0 Å². The van der Waals surface area contributed by atoms with Gasteiger partial charge in [0.05, 0.1) is 6.42 Å². The topological polar surface area (TPSA) is 70.1 Å². The zero-order chi connectivity index (χ0) is 20.4. The Morgan fingerprint density at radius 3 is 2.14 bits per heavy atom. The van der Waals surface area contributed by atoms with Crippen molar-refractivity contribution in [2.75, 3.05) is 31.1 Å². The largest absolute Gasteiger partial charge is 1.00 e. The summed E-state index contributed by atoms with van der Waals surface area (Å²) in [7, 11) is 0. The number of amides is 1. The fourth-order valence-corrected chi connectivity index (χ4v) is 2.82. The minimum absolute atomic E-state index is 0. The number of carboxylic acids is 1. The Kier molecular flexibility index (Phi) is 8.88. The molecule has 1 amide bonds. The molecule has 1 N–H and O–H groups in total. The minimum Gasteiger partial charge on any atom is -0.481 e. The molecule has 0 radical (unpaired) electrons. The van der Waals surface area contributed by atoms with Gasteiger partial charge in [0.2, 0.25) is 0 Å². The van der Waals surface area contributed by atoms with Crippen LogP contribution in [0, 0.1) is 0 Å². The summed E-state index contributed by atoms with van der Waals surface area (Å²) in [6.07, 6.45) is -0.939. The summed E-state index contributed by atoms with van der Waals surface area (Å²) in [5.41, 5.74) is -1.03. The third kappa shape index (κ3) is 7.58. The molecule has 0 unspecified atom stereocenters. The Morgan fingerprint density at radius 2 is 1.68 bits per heavy atom. The molecule has 150 valence electrons. The number of halogens is 3. The standard InChI is InChI=1S/C17H23BF3N2O4.K/c1-17(2,3)27-16(26)23-6-4-22(5-7-23)14-9-12(10-15(24)25)8-13(11-14)18(19,20)21;/h8-9,11H,4-7,10H2,1-3H3,(H,24,25);/q-1;+1. The predicted molar refractivity (Wildman–Crippen MR) is 96.5 cm³/mol. The zero-order valence-corrected chi connectivity index (χ0v) is 19.7. The second-order valence-corrected chi connectivity index (χ2v) is 7.53. The third-order valence-electron chi connectivity index (χ3n) is 4.03. The molecular formula is C17H23BF3KN2O4. The molecule has 0 aromatic heterocycles. The van der Waals surface area contributed by atoms with Crippen LogP contribution in [0.3, 0.4) is 0 Å². The van der Waals surface area contributed by atoms with Crippen LogP contribution in [0.4, 0.5) is 23.4 Å². The van der Waals surface area contributed by atoms with Crippen molar-refractivity contribution < 1.29 is 83.8 Å². The van der Waals surface area contributed by atoms with E-state index in [0.29, 0.717) is 31.9 Å². The van der Waals surface area contributed by atoms with Crippen molar-refractivity contribution in [3.05, 3.63) is 23.8 Å². The molecule has 0 atom stereocenters. The maximum absolute atomic E-state index is 13.2. The van der Waals surface area contributed by atoms with Crippen LogP contribution in [0.1, 0.15) is 26.3 Å². The average molecular weight is 426 g/mol. The van der Waals surface area contributed by atoms with Gasteiger partial charge >= 0.3 is 70.4 Å². The van der Waals surface area contributed by atoms with E-state index in [-0.39, 0.29) is 56.9 Å². The molecule has 28 heavy (non-hydrogen) atoms. The number of carboxylic acid groups (broad SMARTS) is 1. The molecule has 11 heteroatoms. The van der Waals surface area contributed by atoms with Gasteiger partial charge in [0.1, 0.15) is 5.60 Å². The normalized spacial score (nSPS) is 15.1. The van der Waals surface area contributed by atoms with Crippen molar-refractivity contribution >= 4 is 30.2 Å². The van der Waals surface area contributed by atoms with E-state index in [4.69, 9.17) is 9.84 Å². The van der Waals surface area contributed by atoms with Crippen molar-refractivity contribution in [3.63, 3.8) is 0 Å². The van der Waals surface area contributed by atoms with Gasteiger partial charge in [-0.25, -0.2) is 4.79 Å². The summed E-state index contributed by atoms with van der Waals surface area (Å²) >= 11 is 0. The Hall–Kier alpha value is -0.749. The number of aliphatic carboxylic acids is 1. The number of piperazine rings is 1. The number of hydrogen-bond donors (Lipinski definition) is 1. The Balaban J connectivity index is 0.00000392. The van der Waals surface area contributed by atoms with Gasteiger partial charge in [-0.3, -0.25) is 4.79 Å².